The minimum Gasteiger partial charge on any atom is -0.352 e. The first-order valence-corrected chi connectivity index (χ1v) is 8.57. The molecule has 1 heterocycles. The van der Waals surface area contributed by atoms with Crippen LogP contribution in [0.25, 0.3) is 0 Å². The summed E-state index contributed by atoms with van der Waals surface area (Å²) in [5.74, 6) is 1.31. The standard InChI is InChI=1S/C16H27ClN4O.HI/c1-12(17)10-19-16(18-2)20-14-8-9-21(11-14)15(22)13-6-4-3-5-7-13;/h13-14H,1,3-11H2,2H3,(H2,18,19,20);1H. The molecule has 0 bridgehead atoms. The van der Waals surface area contributed by atoms with Gasteiger partial charge in [-0.05, 0) is 19.3 Å². The number of halogens is 2. The number of carbonyl (C=O) groups excluding carboxylic acids is 1. The molecule has 1 aliphatic heterocycles. The summed E-state index contributed by atoms with van der Waals surface area (Å²) in [5, 5.41) is 7.01. The average Bonchev–Trinajstić information content (AvgIpc) is 3.00. The van der Waals surface area contributed by atoms with E-state index in [0.29, 0.717) is 23.4 Å². The predicted molar refractivity (Wildman–Crippen MR) is 106 cm³/mol. The Morgan fingerprint density at radius 3 is 2.61 bits per heavy atom. The maximum absolute atomic E-state index is 12.5. The summed E-state index contributed by atoms with van der Waals surface area (Å²) in [6.07, 6.45) is 6.77. The third-order valence-electron chi connectivity index (χ3n) is 4.47. The van der Waals surface area contributed by atoms with Crippen LogP contribution in [0.3, 0.4) is 0 Å². The number of aliphatic imine (C=N–C) groups is 1. The van der Waals surface area contributed by atoms with E-state index in [1.54, 1.807) is 7.05 Å². The van der Waals surface area contributed by atoms with Gasteiger partial charge in [-0.1, -0.05) is 37.4 Å². The molecule has 0 aromatic carbocycles. The highest BCUT2D eigenvalue weighted by molar-refractivity contribution is 14.0. The van der Waals surface area contributed by atoms with Crippen LogP contribution in [0.1, 0.15) is 38.5 Å². The summed E-state index contributed by atoms with van der Waals surface area (Å²) in [5.41, 5.74) is 0. The molecule has 0 spiro atoms. The van der Waals surface area contributed by atoms with E-state index in [2.05, 4.69) is 22.2 Å². The van der Waals surface area contributed by atoms with Gasteiger partial charge < -0.3 is 15.5 Å². The summed E-state index contributed by atoms with van der Waals surface area (Å²) in [6, 6.07) is 0.252. The monoisotopic (exact) mass is 454 g/mol. The molecule has 0 aromatic rings. The molecule has 23 heavy (non-hydrogen) atoms. The molecule has 1 saturated heterocycles. The van der Waals surface area contributed by atoms with Crippen LogP contribution < -0.4 is 10.6 Å². The van der Waals surface area contributed by atoms with Crippen LogP contribution in [0.15, 0.2) is 16.6 Å². The molecule has 132 valence electrons. The van der Waals surface area contributed by atoms with E-state index in [1.807, 2.05) is 4.90 Å². The Bertz CT molecular complexity index is 438. The van der Waals surface area contributed by atoms with Crippen molar-refractivity contribution in [2.75, 3.05) is 26.7 Å². The molecule has 7 heteroatoms. The molecule has 2 N–H and O–H groups in total. The molecule has 0 radical (unpaired) electrons. The van der Waals surface area contributed by atoms with Crippen molar-refractivity contribution in [2.45, 2.75) is 44.6 Å². The summed E-state index contributed by atoms with van der Waals surface area (Å²) < 4.78 is 0. The molecular formula is C16H28ClIN4O. The van der Waals surface area contributed by atoms with Crippen molar-refractivity contribution in [1.82, 2.24) is 15.5 Å². The average molecular weight is 455 g/mol. The second-order valence-corrected chi connectivity index (χ2v) is 6.73. The van der Waals surface area contributed by atoms with Crippen LogP contribution in [0, 0.1) is 5.92 Å². The van der Waals surface area contributed by atoms with Gasteiger partial charge in [-0.25, -0.2) is 0 Å². The van der Waals surface area contributed by atoms with Gasteiger partial charge in [0.25, 0.3) is 0 Å². The predicted octanol–water partition coefficient (Wildman–Crippen LogP) is 2.70. The fourth-order valence-corrected chi connectivity index (χ4v) is 3.32. The lowest BCUT2D eigenvalue weighted by Crippen LogP contribution is -2.45. The zero-order chi connectivity index (χ0) is 15.9. The van der Waals surface area contributed by atoms with Gasteiger partial charge in [-0.2, -0.15) is 0 Å². The summed E-state index contributed by atoms with van der Waals surface area (Å²) in [7, 11) is 1.73. The van der Waals surface area contributed by atoms with Crippen LogP contribution in [0.4, 0.5) is 0 Å². The molecule has 1 unspecified atom stereocenters. The lowest BCUT2D eigenvalue weighted by Gasteiger charge is -2.26. The summed E-state index contributed by atoms with van der Waals surface area (Å²) in [4.78, 5) is 18.7. The number of rotatable bonds is 4. The highest BCUT2D eigenvalue weighted by Gasteiger charge is 2.31. The van der Waals surface area contributed by atoms with E-state index >= 15 is 0 Å². The second-order valence-electron chi connectivity index (χ2n) is 6.19. The van der Waals surface area contributed by atoms with Gasteiger partial charge in [0.1, 0.15) is 0 Å². The Morgan fingerprint density at radius 2 is 2.00 bits per heavy atom. The number of carbonyl (C=O) groups is 1. The molecule has 1 saturated carbocycles. The Morgan fingerprint density at radius 1 is 1.30 bits per heavy atom. The maximum Gasteiger partial charge on any atom is 0.225 e. The highest BCUT2D eigenvalue weighted by Crippen LogP contribution is 2.26. The minimum atomic E-state index is 0. The normalized spacial score (nSPS) is 22.4. The number of amides is 1. The number of nitrogens with zero attached hydrogens (tertiary/aromatic N) is 2. The van der Waals surface area contributed by atoms with Crippen LogP contribution in [0.5, 0.6) is 0 Å². The van der Waals surface area contributed by atoms with Crippen molar-refractivity contribution in [3.8, 4) is 0 Å². The number of hydrogen-bond acceptors (Lipinski definition) is 2. The second kappa shape index (κ2) is 10.4. The molecule has 2 fully saturated rings. The van der Waals surface area contributed by atoms with E-state index in [-0.39, 0.29) is 35.9 Å². The molecule has 1 amide bonds. The van der Waals surface area contributed by atoms with Crippen molar-refractivity contribution < 1.29 is 4.79 Å². The van der Waals surface area contributed by atoms with Gasteiger partial charge in [0.2, 0.25) is 5.91 Å². The van der Waals surface area contributed by atoms with Crippen LogP contribution in [0.2, 0.25) is 0 Å². The highest BCUT2D eigenvalue weighted by atomic mass is 127. The third kappa shape index (κ3) is 6.49. The van der Waals surface area contributed by atoms with Crippen LogP contribution in [-0.2, 0) is 4.79 Å². The van der Waals surface area contributed by atoms with Gasteiger partial charge >= 0.3 is 0 Å². The van der Waals surface area contributed by atoms with Gasteiger partial charge in [0, 0.05) is 37.1 Å². The quantitative estimate of drug-likeness (QED) is 0.390. The first-order valence-electron chi connectivity index (χ1n) is 8.19. The Balaban J connectivity index is 0.00000264. The fourth-order valence-electron chi connectivity index (χ4n) is 3.25. The van der Waals surface area contributed by atoms with E-state index < -0.39 is 0 Å². The Kier molecular flexibility index (Phi) is 9.27. The molecule has 5 nitrogen and oxygen atoms in total. The SMILES string of the molecule is C=C(Cl)CNC(=NC)NC1CCN(C(=O)C2CCCCC2)C1.I. The van der Waals surface area contributed by atoms with Gasteiger partial charge in [0.15, 0.2) is 5.96 Å². The molecule has 2 aliphatic rings. The van der Waals surface area contributed by atoms with Gasteiger partial charge in [-0.15, -0.1) is 24.0 Å². The molecular weight excluding hydrogens is 427 g/mol. The third-order valence-corrected chi connectivity index (χ3v) is 4.60. The van der Waals surface area contributed by atoms with Gasteiger partial charge in [0.05, 0.1) is 6.54 Å². The maximum atomic E-state index is 12.5. The number of likely N-dealkylation sites (tertiary alicyclic amines) is 1. The fraction of sp³-hybridized carbons (Fsp3) is 0.750. The van der Waals surface area contributed by atoms with E-state index in [9.17, 15) is 4.79 Å². The van der Waals surface area contributed by atoms with Crippen molar-refractivity contribution in [1.29, 1.82) is 0 Å². The smallest absolute Gasteiger partial charge is 0.225 e. The first kappa shape index (κ1) is 20.5. The lowest BCUT2D eigenvalue weighted by atomic mass is 9.88. The summed E-state index contributed by atoms with van der Waals surface area (Å²) >= 11 is 5.75. The topological polar surface area (TPSA) is 56.7 Å². The van der Waals surface area contributed by atoms with Crippen LogP contribution in [-0.4, -0.2) is 49.5 Å². The van der Waals surface area contributed by atoms with Crippen molar-refractivity contribution in [3.63, 3.8) is 0 Å². The lowest BCUT2D eigenvalue weighted by molar-refractivity contribution is -0.135. The number of guanidine groups is 1. The van der Waals surface area contributed by atoms with Crippen molar-refractivity contribution in [3.05, 3.63) is 11.6 Å². The minimum absolute atomic E-state index is 0. The van der Waals surface area contributed by atoms with Crippen molar-refractivity contribution >= 4 is 47.4 Å². The number of nitrogens with one attached hydrogen (secondary N) is 2. The Labute approximate surface area is 161 Å². The van der Waals surface area contributed by atoms with E-state index in [4.69, 9.17) is 11.6 Å². The molecule has 1 atom stereocenters. The largest absolute Gasteiger partial charge is 0.352 e. The van der Waals surface area contributed by atoms with Crippen LogP contribution >= 0.6 is 35.6 Å². The molecule has 0 aromatic heterocycles. The first-order chi connectivity index (χ1) is 10.6. The summed E-state index contributed by atoms with van der Waals surface area (Å²) in [6.45, 7) is 5.73. The molecule has 2 rings (SSSR count). The zero-order valence-corrected chi connectivity index (χ0v) is 16.9. The van der Waals surface area contributed by atoms with E-state index in [1.165, 1.54) is 19.3 Å². The molecule has 1 aliphatic carbocycles. The van der Waals surface area contributed by atoms with Crippen molar-refractivity contribution in [2.24, 2.45) is 10.9 Å². The van der Waals surface area contributed by atoms with E-state index in [0.717, 1.165) is 32.4 Å². The number of hydrogen-bond donors (Lipinski definition) is 2. The zero-order valence-electron chi connectivity index (χ0n) is 13.8. The van der Waals surface area contributed by atoms with Gasteiger partial charge in [-0.3, -0.25) is 9.79 Å². The Hall–Kier alpha value is -0.500.